The molecule has 0 aliphatic heterocycles. The van der Waals surface area contributed by atoms with Crippen LogP contribution in [0.3, 0.4) is 0 Å². The molecule has 2 aromatic carbocycles. The first-order valence-electron chi connectivity index (χ1n) is 8.51. The van der Waals surface area contributed by atoms with Crippen LogP contribution in [0.5, 0.6) is 0 Å². The number of benzene rings is 2. The van der Waals surface area contributed by atoms with Crippen molar-refractivity contribution in [1.82, 2.24) is 0 Å². The van der Waals surface area contributed by atoms with Gasteiger partial charge in [0.05, 0.1) is 5.56 Å². The maximum atomic E-state index is 13.7. The van der Waals surface area contributed by atoms with E-state index in [-0.39, 0.29) is 11.3 Å². The molecule has 0 spiro atoms. The summed E-state index contributed by atoms with van der Waals surface area (Å²) in [6.07, 6.45) is 0.868. The van der Waals surface area contributed by atoms with Gasteiger partial charge in [-0.2, -0.15) is 5.26 Å². The predicted molar refractivity (Wildman–Crippen MR) is 104 cm³/mol. The molecule has 0 fully saturated rings. The number of nitrogens with one attached hydrogen (secondary N) is 1. The first-order chi connectivity index (χ1) is 13.0. The minimum absolute atomic E-state index is 0.0667. The van der Waals surface area contributed by atoms with Crippen molar-refractivity contribution in [2.75, 3.05) is 5.32 Å². The number of nitrogens with zero attached hydrogens (tertiary/aromatic N) is 1. The third-order valence-electron chi connectivity index (χ3n) is 4.58. The van der Waals surface area contributed by atoms with Crippen LogP contribution in [-0.2, 0) is 6.42 Å². The van der Waals surface area contributed by atoms with Gasteiger partial charge in [-0.25, -0.2) is 4.39 Å². The molecule has 9 heteroatoms. The lowest BCUT2D eigenvalue weighted by molar-refractivity contribution is 0.364. The van der Waals surface area contributed by atoms with E-state index in [1.807, 2.05) is 0 Å². The van der Waals surface area contributed by atoms with Crippen molar-refractivity contribution in [3.8, 4) is 6.07 Å². The standard InChI is InChI=1S/C20H20F6N2S/c1-14(28-17-5-4-6-18(12-17)29(22,23,24,25)26)20(2,3)10-9-15-7-8-16(13-27)19(21)11-15/h4-8,11-12,28H,1,9-10H2,2-3H3. The van der Waals surface area contributed by atoms with Gasteiger partial charge in [-0.05, 0) is 48.7 Å². The molecule has 0 aliphatic rings. The van der Waals surface area contributed by atoms with Crippen LogP contribution in [0.25, 0.3) is 0 Å². The van der Waals surface area contributed by atoms with Crippen LogP contribution < -0.4 is 5.32 Å². The van der Waals surface area contributed by atoms with E-state index in [9.17, 15) is 23.8 Å². The molecule has 0 atom stereocenters. The average molecular weight is 434 g/mol. The summed E-state index contributed by atoms with van der Waals surface area (Å²) >= 11 is 0. The minimum atomic E-state index is -9.77. The molecular formula is C20H20F6N2S. The summed E-state index contributed by atoms with van der Waals surface area (Å²) in [7, 11) is -9.77. The molecule has 29 heavy (non-hydrogen) atoms. The Kier molecular flexibility index (Phi) is 5.27. The number of hydrogen-bond donors (Lipinski definition) is 1. The highest BCUT2D eigenvalue weighted by Gasteiger charge is 2.65. The highest BCUT2D eigenvalue weighted by Crippen LogP contribution is 3.02. The predicted octanol–water partition coefficient (Wildman–Crippen LogP) is 7.94. The van der Waals surface area contributed by atoms with Gasteiger partial charge in [-0.3, -0.25) is 0 Å². The van der Waals surface area contributed by atoms with Gasteiger partial charge in [-0.15, -0.1) is 0 Å². The quantitative estimate of drug-likeness (QED) is 0.449. The molecule has 158 valence electrons. The van der Waals surface area contributed by atoms with E-state index in [0.717, 1.165) is 6.07 Å². The Morgan fingerprint density at radius 3 is 2.31 bits per heavy atom. The molecule has 0 aromatic heterocycles. The van der Waals surface area contributed by atoms with Gasteiger partial charge < -0.3 is 5.32 Å². The second kappa shape index (κ2) is 6.73. The molecule has 0 unspecified atom stereocenters. The maximum Gasteiger partial charge on any atom is 0.310 e. The van der Waals surface area contributed by atoms with Gasteiger partial charge in [0.2, 0.25) is 0 Å². The molecule has 0 saturated heterocycles. The van der Waals surface area contributed by atoms with Crippen molar-refractivity contribution < 1.29 is 23.8 Å². The lowest BCUT2D eigenvalue weighted by Crippen LogP contribution is -2.21. The molecule has 0 amide bonds. The summed E-state index contributed by atoms with van der Waals surface area (Å²) in [6.45, 7) is 7.37. The van der Waals surface area contributed by atoms with Gasteiger partial charge in [0.25, 0.3) is 0 Å². The van der Waals surface area contributed by atoms with Crippen LogP contribution in [0.2, 0.25) is 0 Å². The van der Waals surface area contributed by atoms with E-state index in [0.29, 0.717) is 36.2 Å². The molecule has 1 N–H and O–H groups in total. The Morgan fingerprint density at radius 1 is 1.10 bits per heavy atom. The molecule has 2 nitrogen and oxygen atoms in total. The third-order valence-corrected chi connectivity index (χ3v) is 5.73. The van der Waals surface area contributed by atoms with Crippen LogP contribution in [0, 0.1) is 22.6 Å². The zero-order valence-corrected chi connectivity index (χ0v) is 16.6. The Morgan fingerprint density at radius 2 is 1.76 bits per heavy atom. The van der Waals surface area contributed by atoms with E-state index in [4.69, 9.17) is 5.26 Å². The zero-order valence-electron chi connectivity index (χ0n) is 15.8. The zero-order chi connectivity index (χ0) is 22.2. The van der Waals surface area contributed by atoms with E-state index < -0.39 is 26.4 Å². The fourth-order valence-corrected chi connectivity index (χ4v) is 3.26. The second-order valence-corrected chi connectivity index (χ2v) is 9.82. The Hall–Kier alpha value is -2.60. The molecule has 0 bridgehead atoms. The molecule has 2 rings (SSSR count). The second-order valence-electron chi connectivity index (χ2n) is 7.41. The van der Waals surface area contributed by atoms with Crippen molar-refractivity contribution >= 4 is 15.9 Å². The fraction of sp³-hybridized carbons (Fsp3) is 0.250. The maximum absolute atomic E-state index is 13.7. The van der Waals surface area contributed by atoms with Crippen LogP contribution in [-0.4, -0.2) is 0 Å². The number of anilines is 1. The largest absolute Gasteiger partial charge is 0.359 e. The Balaban J connectivity index is 2.12. The number of rotatable bonds is 7. The van der Waals surface area contributed by atoms with Gasteiger partial charge in [0.1, 0.15) is 16.8 Å². The molecule has 0 heterocycles. The van der Waals surface area contributed by atoms with Crippen molar-refractivity contribution in [2.24, 2.45) is 5.41 Å². The fourth-order valence-electron chi connectivity index (χ4n) is 2.57. The summed E-state index contributed by atoms with van der Waals surface area (Å²) in [5.41, 5.74) is 0.104. The lowest BCUT2D eigenvalue weighted by atomic mass is 9.83. The summed E-state index contributed by atoms with van der Waals surface area (Å²) in [4.78, 5) is -1.98. The molecule has 2 aromatic rings. The number of aryl methyl sites for hydroxylation is 1. The van der Waals surface area contributed by atoms with Gasteiger partial charge >= 0.3 is 10.2 Å². The number of allylic oxidation sites excluding steroid dienone is 1. The Bertz CT molecular complexity index is 991. The van der Waals surface area contributed by atoms with Crippen LogP contribution in [0.4, 0.5) is 29.5 Å². The topological polar surface area (TPSA) is 35.8 Å². The van der Waals surface area contributed by atoms with E-state index in [2.05, 4.69) is 11.9 Å². The summed E-state index contributed by atoms with van der Waals surface area (Å²) < 4.78 is 78.7. The SMILES string of the molecule is C=C(Nc1cccc(S(F)(F)(F)(F)F)c1)C(C)(C)CCc1ccc(C#N)c(F)c1. The Labute approximate surface area is 165 Å². The van der Waals surface area contributed by atoms with Crippen molar-refractivity contribution in [3.05, 3.63) is 71.7 Å². The molecule has 0 aliphatic carbocycles. The van der Waals surface area contributed by atoms with Crippen LogP contribution >= 0.6 is 10.2 Å². The minimum Gasteiger partial charge on any atom is -0.359 e. The molecular weight excluding hydrogens is 414 g/mol. The van der Waals surface area contributed by atoms with Gasteiger partial charge in [0.15, 0.2) is 0 Å². The van der Waals surface area contributed by atoms with Crippen LogP contribution in [0.15, 0.2) is 59.6 Å². The average Bonchev–Trinajstić information content (AvgIpc) is 2.58. The van der Waals surface area contributed by atoms with Gasteiger partial charge in [-0.1, -0.05) is 52.0 Å². The van der Waals surface area contributed by atoms with E-state index in [1.54, 1.807) is 26.0 Å². The molecule has 0 radical (unpaired) electrons. The smallest absolute Gasteiger partial charge is 0.310 e. The first-order valence-corrected chi connectivity index (χ1v) is 10.5. The van der Waals surface area contributed by atoms with Crippen molar-refractivity contribution in [1.29, 1.82) is 5.26 Å². The number of hydrogen-bond acceptors (Lipinski definition) is 2. The summed E-state index contributed by atoms with van der Waals surface area (Å²) in [5, 5.41) is 11.4. The van der Waals surface area contributed by atoms with Crippen LogP contribution in [0.1, 0.15) is 31.4 Å². The number of nitriles is 1. The highest BCUT2D eigenvalue weighted by molar-refractivity contribution is 8.45. The lowest BCUT2D eigenvalue weighted by Gasteiger charge is -2.40. The van der Waals surface area contributed by atoms with E-state index in [1.165, 1.54) is 18.2 Å². The normalized spacial score (nSPS) is 14.4. The third kappa shape index (κ3) is 5.94. The van der Waals surface area contributed by atoms with Gasteiger partial charge in [0, 0.05) is 16.8 Å². The highest BCUT2D eigenvalue weighted by atomic mass is 32.5. The van der Waals surface area contributed by atoms with E-state index >= 15 is 0 Å². The van der Waals surface area contributed by atoms with Crippen molar-refractivity contribution in [3.63, 3.8) is 0 Å². The first kappa shape index (κ1) is 22.7. The van der Waals surface area contributed by atoms with Crippen molar-refractivity contribution in [2.45, 2.75) is 31.6 Å². The number of halogens is 6. The monoisotopic (exact) mass is 434 g/mol. The molecule has 0 saturated carbocycles. The summed E-state index contributed by atoms with van der Waals surface area (Å²) in [6, 6.07) is 8.80. The summed E-state index contributed by atoms with van der Waals surface area (Å²) in [5.74, 6) is -0.632.